The molecule has 0 bridgehead atoms. The Labute approximate surface area is 112 Å². The van der Waals surface area contributed by atoms with Crippen molar-refractivity contribution in [1.82, 2.24) is 20.3 Å². The van der Waals surface area contributed by atoms with Gasteiger partial charge < -0.3 is 5.32 Å². The Bertz CT molecular complexity index is 562. The topological polar surface area (TPSA) is 42.7 Å². The minimum absolute atomic E-state index is 0.179. The van der Waals surface area contributed by atoms with Crippen molar-refractivity contribution in [3.05, 3.63) is 40.2 Å². The van der Waals surface area contributed by atoms with Crippen molar-refractivity contribution in [3.63, 3.8) is 0 Å². The summed E-state index contributed by atoms with van der Waals surface area (Å²) in [5.41, 5.74) is 4.08. The van der Waals surface area contributed by atoms with Crippen molar-refractivity contribution in [2.45, 2.75) is 26.8 Å². The van der Waals surface area contributed by atoms with Gasteiger partial charge in [-0.05, 0) is 45.5 Å². The monoisotopic (exact) mass is 264 g/mol. The van der Waals surface area contributed by atoms with Crippen molar-refractivity contribution >= 4 is 11.6 Å². The van der Waals surface area contributed by atoms with Gasteiger partial charge in [-0.15, -0.1) is 5.10 Å². The molecule has 0 aliphatic carbocycles. The third-order valence-corrected chi connectivity index (χ3v) is 3.41. The summed E-state index contributed by atoms with van der Waals surface area (Å²) in [6.07, 6.45) is 0. The number of nitrogens with zero attached hydrogens (tertiary/aromatic N) is 3. The van der Waals surface area contributed by atoms with Gasteiger partial charge in [-0.1, -0.05) is 22.9 Å². The van der Waals surface area contributed by atoms with Crippen LogP contribution in [-0.4, -0.2) is 22.0 Å². The molecule has 0 aliphatic heterocycles. The van der Waals surface area contributed by atoms with Gasteiger partial charge in [0, 0.05) is 5.02 Å². The number of nitrogens with one attached hydrogen (secondary N) is 1. The van der Waals surface area contributed by atoms with E-state index in [1.165, 1.54) is 0 Å². The first-order valence-corrected chi connectivity index (χ1v) is 6.28. The largest absolute Gasteiger partial charge is 0.312 e. The molecular formula is C13H17ClN4. The fourth-order valence-electron chi connectivity index (χ4n) is 1.92. The molecule has 1 aromatic heterocycles. The number of hydrogen-bond donors (Lipinski definition) is 1. The zero-order valence-electron chi connectivity index (χ0n) is 11.0. The number of halogens is 1. The fraction of sp³-hybridized carbons (Fsp3) is 0.385. The Hall–Kier alpha value is -1.39. The highest BCUT2D eigenvalue weighted by atomic mass is 35.5. The molecule has 2 aromatic rings. The summed E-state index contributed by atoms with van der Waals surface area (Å²) in [4.78, 5) is 0. The zero-order valence-corrected chi connectivity index (χ0v) is 11.8. The highest BCUT2D eigenvalue weighted by Gasteiger charge is 2.15. The summed E-state index contributed by atoms with van der Waals surface area (Å²) in [6, 6.07) is 5.95. The Balaban J connectivity index is 2.52. The first-order chi connectivity index (χ1) is 8.54. The van der Waals surface area contributed by atoms with E-state index in [0.29, 0.717) is 5.02 Å². The van der Waals surface area contributed by atoms with E-state index in [4.69, 9.17) is 11.6 Å². The van der Waals surface area contributed by atoms with Gasteiger partial charge in [0.25, 0.3) is 0 Å². The molecule has 1 aromatic carbocycles. The van der Waals surface area contributed by atoms with Crippen LogP contribution >= 0.6 is 11.6 Å². The lowest BCUT2D eigenvalue weighted by Crippen LogP contribution is -2.14. The number of aromatic nitrogens is 3. The normalized spacial score (nSPS) is 12.7. The van der Waals surface area contributed by atoms with Crippen molar-refractivity contribution < 1.29 is 0 Å². The number of rotatable bonds is 3. The summed E-state index contributed by atoms with van der Waals surface area (Å²) in [7, 11) is 1.91. The molecule has 1 unspecified atom stereocenters. The molecule has 0 saturated carbocycles. The lowest BCUT2D eigenvalue weighted by molar-refractivity contribution is 0.627. The van der Waals surface area contributed by atoms with E-state index in [0.717, 1.165) is 22.6 Å². The predicted octanol–water partition coefficient (Wildman–Crippen LogP) is 2.82. The zero-order chi connectivity index (χ0) is 13.3. The van der Waals surface area contributed by atoms with E-state index in [1.807, 2.05) is 43.8 Å². The van der Waals surface area contributed by atoms with Gasteiger partial charge in [-0.2, -0.15) is 0 Å². The smallest absolute Gasteiger partial charge is 0.103 e. The molecule has 0 amide bonds. The van der Waals surface area contributed by atoms with Crippen LogP contribution in [0.25, 0.3) is 5.69 Å². The molecule has 2 rings (SSSR count). The lowest BCUT2D eigenvalue weighted by atomic mass is 10.1. The maximum Gasteiger partial charge on any atom is 0.103 e. The van der Waals surface area contributed by atoms with Crippen molar-refractivity contribution in [3.8, 4) is 5.69 Å². The van der Waals surface area contributed by atoms with Gasteiger partial charge in [0.1, 0.15) is 5.69 Å². The standard InChI is InChI=1S/C13H17ClN4/c1-8-5-6-11(14)7-12(8)18-10(3)13(16-17-18)9(2)15-4/h5-7,9,15H,1-4H3. The third kappa shape index (κ3) is 2.26. The van der Waals surface area contributed by atoms with Crippen LogP contribution in [0.1, 0.15) is 29.9 Å². The van der Waals surface area contributed by atoms with Crippen LogP contribution in [0.5, 0.6) is 0 Å². The van der Waals surface area contributed by atoms with E-state index < -0.39 is 0 Å². The lowest BCUT2D eigenvalue weighted by Gasteiger charge is -2.10. The van der Waals surface area contributed by atoms with Crippen molar-refractivity contribution in [2.75, 3.05) is 7.05 Å². The molecular weight excluding hydrogens is 248 g/mol. The molecule has 1 atom stereocenters. The fourth-order valence-corrected chi connectivity index (χ4v) is 2.08. The molecule has 18 heavy (non-hydrogen) atoms. The number of benzene rings is 1. The Morgan fingerprint density at radius 3 is 2.72 bits per heavy atom. The molecule has 5 heteroatoms. The van der Waals surface area contributed by atoms with E-state index in [9.17, 15) is 0 Å². The quantitative estimate of drug-likeness (QED) is 0.927. The van der Waals surface area contributed by atoms with E-state index in [1.54, 1.807) is 0 Å². The van der Waals surface area contributed by atoms with Gasteiger partial charge in [-0.3, -0.25) is 0 Å². The molecule has 1 N–H and O–H groups in total. The molecule has 0 saturated heterocycles. The summed E-state index contributed by atoms with van der Waals surface area (Å²) >= 11 is 6.04. The second kappa shape index (κ2) is 5.08. The molecule has 1 heterocycles. The minimum Gasteiger partial charge on any atom is -0.312 e. The molecule has 0 fully saturated rings. The van der Waals surface area contributed by atoms with Crippen LogP contribution in [0, 0.1) is 13.8 Å². The van der Waals surface area contributed by atoms with Crippen LogP contribution in [0.4, 0.5) is 0 Å². The van der Waals surface area contributed by atoms with Crippen LogP contribution in [-0.2, 0) is 0 Å². The predicted molar refractivity (Wildman–Crippen MR) is 73.3 cm³/mol. The van der Waals surface area contributed by atoms with Gasteiger partial charge >= 0.3 is 0 Å². The number of hydrogen-bond acceptors (Lipinski definition) is 3. The Kier molecular flexibility index (Phi) is 3.68. The van der Waals surface area contributed by atoms with Gasteiger partial charge in [0.15, 0.2) is 0 Å². The van der Waals surface area contributed by atoms with Crippen LogP contribution in [0.3, 0.4) is 0 Å². The summed E-state index contributed by atoms with van der Waals surface area (Å²) in [5, 5.41) is 12.3. The first-order valence-electron chi connectivity index (χ1n) is 5.90. The second-order valence-corrected chi connectivity index (χ2v) is 4.85. The maximum atomic E-state index is 6.04. The highest BCUT2D eigenvalue weighted by molar-refractivity contribution is 6.30. The van der Waals surface area contributed by atoms with Crippen LogP contribution in [0.15, 0.2) is 18.2 Å². The van der Waals surface area contributed by atoms with Gasteiger partial charge in [0.05, 0.1) is 17.4 Å². The minimum atomic E-state index is 0.179. The average Bonchev–Trinajstić information content (AvgIpc) is 2.73. The molecule has 4 nitrogen and oxygen atoms in total. The third-order valence-electron chi connectivity index (χ3n) is 3.17. The van der Waals surface area contributed by atoms with Crippen LogP contribution < -0.4 is 5.32 Å². The molecule has 0 aliphatic rings. The molecule has 0 radical (unpaired) electrons. The van der Waals surface area contributed by atoms with E-state index in [2.05, 4.69) is 22.6 Å². The highest BCUT2D eigenvalue weighted by Crippen LogP contribution is 2.22. The van der Waals surface area contributed by atoms with Crippen molar-refractivity contribution in [2.24, 2.45) is 0 Å². The Morgan fingerprint density at radius 2 is 2.06 bits per heavy atom. The van der Waals surface area contributed by atoms with E-state index >= 15 is 0 Å². The molecule has 96 valence electrons. The van der Waals surface area contributed by atoms with Gasteiger partial charge in [0.2, 0.25) is 0 Å². The summed E-state index contributed by atoms with van der Waals surface area (Å²) in [6.45, 7) is 6.11. The average molecular weight is 265 g/mol. The summed E-state index contributed by atoms with van der Waals surface area (Å²) < 4.78 is 1.84. The SMILES string of the molecule is CNC(C)c1nnn(-c2cc(Cl)ccc2C)c1C. The van der Waals surface area contributed by atoms with Crippen molar-refractivity contribution in [1.29, 1.82) is 0 Å². The second-order valence-electron chi connectivity index (χ2n) is 4.41. The number of aryl methyl sites for hydroxylation is 1. The first kappa shape index (κ1) is 13.1. The van der Waals surface area contributed by atoms with Crippen LogP contribution in [0.2, 0.25) is 5.02 Å². The summed E-state index contributed by atoms with van der Waals surface area (Å²) in [5.74, 6) is 0. The Morgan fingerprint density at radius 1 is 1.33 bits per heavy atom. The van der Waals surface area contributed by atoms with E-state index in [-0.39, 0.29) is 6.04 Å². The molecule has 0 spiro atoms. The maximum absolute atomic E-state index is 6.04. The van der Waals surface area contributed by atoms with Gasteiger partial charge in [-0.25, -0.2) is 4.68 Å².